The monoisotopic (exact) mass is 324 g/mol. The molecule has 24 heavy (non-hydrogen) atoms. The maximum absolute atomic E-state index is 5.93. The van der Waals surface area contributed by atoms with Gasteiger partial charge in [-0.3, -0.25) is 4.98 Å². The summed E-state index contributed by atoms with van der Waals surface area (Å²) in [5.74, 6) is 0.950. The third-order valence-corrected chi connectivity index (χ3v) is 4.70. The van der Waals surface area contributed by atoms with Crippen LogP contribution >= 0.6 is 0 Å². The van der Waals surface area contributed by atoms with Crippen LogP contribution in [0.2, 0.25) is 0 Å². The van der Waals surface area contributed by atoms with Crippen LogP contribution in [0.15, 0.2) is 30.5 Å². The highest BCUT2D eigenvalue weighted by Gasteiger charge is 2.07. The van der Waals surface area contributed by atoms with Crippen LogP contribution in [0.3, 0.4) is 0 Å². The maximum Gasteiger partial charge on any atom is 0.121 e. The van der Waals surface area contributed by atoms with Crippen LogP contribution in [0.5, 0.6) is 5.75 Å². The lowest BCUT2D eigenvalue weighted by Crippen LogP contribution is -1.97. The number of aromatic nitrogens is 2. The number of ether oxygens (including phenoxy) is 1. The molecule has 0 saturated heterocycles. The number of pyridine rings is 1. The summed E-state index contributed by atoms with van der Waals surface area (Å²) in [5.41, 5.74) is 3.28. The van der Waals surface area contributed by atoms with Crippen LogP contribution in [0.25, 0.3) is 21.8 Å². The standard InChI is InChI=1S/C21H28N2O/c1-3-4-5-6-7-8-9-14-24-17-10-11-18-19-12-13-22-16(2)21(19)23-20(18)15-17/h10-13,15,23H,3-9,14H2,1-2H3. The van der Waals surface area contributed by atoms with E-state index < -0.39 is 0 Å². The largest absolute Gasteiger partial charge is 0.494 e. The Kier molecular flexibility index (Phi) is 5.73. The molecule has 1 N–H and O–H groups in total. The number of H-pyrrole nitrogens is 1. The van der Waals surface area contributed by atoms with Gasteiger partial charge in [0.1, 0.15) is 5.75 Å². The van der Waals surface area contributed by atoms with Crippen molar-refractivity contribution < 1.29 is 4.74 Å². The lowest BCUT2D eigenvalue weighted by atomic mass is 10.1. The first-order chi connectivity index (χ1) is 11.8. The SMILES string of the molecule is CCCCCCCCCOc1ccc2c(c1)[nH]c1c(C)nccc12. The number of benzene rings is 1. The maximum atomic E-state index is 5.93. The van der Waals surface area contributed by atoms with Crippen molar-refractivity contribution in [1.29, 1.82) is 0 Å². The van der Waals surface area contributed by atoms with Gasteiger partial charge >= 0.3 is 0 Å². The van der Waals surface area contributed by atoms with Crippen molar-refractivity contribution in [3.63, 3.8) is 0 Å². The van der Waals surface area contributed by atoms with E-state index in [0.717, 1.165) is 35.5 Å². The van der Waals surface area contributed by atoms with Crippen LogP contribution in [0, 0.1) is 6.92 Å². The third kappa shape index (κ3) is 3.89. The molecule has 0 saturated carbocycles. The number of nitrogens with one attached hydrogen (secondary N) is 1. The van der Waals surface area contributed by atoms with Gasteiger partial charge in [0, 0.05) is 23.0 Å². The van der Waals surface area contributed by atoms with Crippen molar-refractivity contribution in [1.82, 2.24) is 9.97 Å². The Bertz CT molecular complexity index is 791. The average Bonchev–Trinajstić information content (AvgIpc) is 2.97. The molecule has 0 aliphatic heterocycles. The van der Waals surface area contributed by atoms with Crippen LogP contribution < -0.4 is 4.74 Å². The van der Waals surface area contributed by atoms with E-state index in [9.17, 15) is 0 Å². The molecule has 0 fully saturated rings. The number of hydrogen-bond donors (Lipinski definition) is 1. The summed E-state index contributed by atoms with van der Waals surface area (Å²) in [6.45, 7) is 5.10. The minimum Gasteiger partial charge on any atom is -0.494 e. The Hall–Kier alpha value is -2.03. The van der Waals surface area contributed by atoms with Crippen LogP contribution in [0.1, 0.15) is 57.6 Å². The van der Waals surface area contributed by atoms with Gasteiger partial charge in [0.15, 0.2) is 0 Å². The van der Waals surface area contributed by atoms with E-state index in [1.807, 2.05) is 13.1 Å². The second-order valence-electron chi connectivity index (χ2n) is 6.62. The van der Waals surface area contributed by atoms with Crippen molar-refractivity contribution >= 4 is 21.8 Å². The predicted octanol–water partition coefficient (Wildman–Crippen LogP) is 6.15. The van der Waals surface area contributed by atoms with Gasteiger partial charge in [0.25, 0.3) is 0 Å². The van der Waals surface area contributed by atoms with Gasteiger partial charge in [0.2, 0.25) is 0 Å². The van der Waals surface area contributed by atoms with Crippen LogP contribution in [-0.4, -0.2) is 16.6 Å². The van der Waals surface area contributed by atoms with Crippen LogP contribution in [0.4, 0.5) is 0 Å². The predicted molar refractivity (Wildman–Crippen MR) is 102 cm³/mol. The molecular formula is C21H28N2O. The minimum atomic E-state index is 0.806. The number of aromatic amines is 1. The summed E-state index contributed by atoms with van der Waals surface area (Å²) in [5, 5.41) is 2.47. The lowest BCUT2D eigenvalue weighted by molar-refractivity contribution is 0.304. The highest BCUT2D eigenvalue weighted by atomic mass is 16.5. The number of fused-ring (bicyclic) bond motifs is 3. The van der Waals surface area contributed by atoms with Crippen molar-refractivity contribution in [3.8, 4) is 5.75 Å². The molecule has 2 heterocycles. The zero-order valence-electron chi connectivity index (χ0n) is 14.9. The number of hydrogen-bond acceptors (Lipinski definition) is 2. The zero-order chi connectivity index (χ0) is 16.8. The lowest BCUT2D eigenvalue weighted by Gasteiger charge is -2.06. The molecular weight excluding hydrogens is 296 g/mol. The Labute approximate surface area is 144 Å². The molecule has 0 spiro atoms. The molecule has 3 aromatic rings. The summed E-state index contributed by atoms with van der Waals surface area (Å²) < 4.78 is 5.93. The number of rotatable bonds is 9. The van der Waals surface area contributed by atoms with Gasteiger partial charge in [0.05, 0.1) is 23.3 Å². The molecule has 0 amide bonds. The second-order valence-corrected chi connectivity index (χ2v) is 6.62. The fraction of sp³-hybridized carbons (Fsp3) is 0.476. The highest BCUT2D eigenvalue weighted by molar-refractivity contribution is 6.08. The Balaban J connectivity index is 1.54. The summed E-state index contributed by atoms with van der Waals surface area (Å²) in [6.07, 6.45) is 11.0. The number of nitrogens with zero attached hydrogens (tertiary/aromatic N) is 1. The van der Waals surface area contributed by atoms with Crippen molar-refractivity contribution in [2.45, 2.75) is 58.8 Å². The first-order valence-electron chi connectivity index (χ1n) is 9.29. The summed E-state index contributed by atoms with van der Waals surface area (Å²) >= 11 is 0. The first-order valence-corrected chi connectivity index (χ1v) is 9.29. The number of unbranched alkanes of at least 4 members (excludes halogenated alkanes) is 6. The van der Waals surface area contributed by atoms with E-state index in [2.05, 4.69) is 41.2 Å². The van der Waals surface area contributed by atoms with Gasteiger partial charge in [-0.2, -0.15) is 0 Å². The molecule has 3 rings (SSSR count). The van der Waals surface area contributed by atoms with Gasteiger partial charge in [-0.15, -0.1) is 0 Å². The van der Waals surface area contributed by atoms with Gasteiger partial charge in [-0.05, 0) is 31.5 Å². The molecule has 0 radical (unpaired) electrons. The molecule has 3 nitrogen and oxygen atoms in total. The Morgan fingerprint density at radius 1 is 0.958 bits per heavy atom. The first kappa shape index (κ1) is 16.8. The smallest absolute Gasteiger partial charge is 0.121 e. The quantitative estimate of drug-likeness (QED) is 0.479. The summed E-state index contributed by atoms with van der Waals surface area (Å²) in [6, 6.07) is 8.40. The normalized spacial score (nSPS) is 11.4. The zero-order valence-corrected chi connectivity index (χ0v) is 14.9. The van der Waals surface area contributed by atoms with E-state index >= 15 is 0 Å². The van der Waals surface area contributed by atoms with E-state index in [4.69, 9.17) is 4.74 Å². The van der Waals surface area contributed by atoms with Gasteiger partial charge < -0.3 is 9.72 Å². The Morgan fingerprint density at radius 2 is 1.75 bits per heavy atom. The van der Waals surface area contributed by atoms with Crippen molar-refractivity contribution in [2.24, 2.45) is 0 Å². The molecule has 0 bridgehead atoms. The minimum absolute atomic E-state index is 0.806. The molecule has 0 aliphatic carbocycles. The van der Waals surface area contributed by atoms with E-state index in [1.165, 1.54) is 49.3 Å². The topological polar surface area (TPSA) is 37.9 Å². The second kappa shape index (κ2) is 8.18. The van der Waals surface area contributed by atoms with Gasteiger partial charge in [-0.25, -0.2) is 0 Å². The highest BCUT2D eigenvalue weighted by Crippen LogP contribution is 2.29. The molecule has 3 heteroatoms. The van der Waals surface area contributed by atoms with Crippen molar-refractivity contribution in [3.05, 3.63) is 36.2 Å². The third-order valence-electron chi connectivity index (χ3n) is 4.70. The van der Waals surface area contributed by atoms with E-state index in [1.54, 1.807) is 0 Å². The Morgan fingerprint density at radius 3 is 2.58 bits per heavy atom. The van der Waals surface area contributed by atoms with Crippen molar-refractivity contribution in [2.75, 3.05) is 6.61 Å². The summed E-state index contributed by atoms with van der Waals surface area (Å²) in [4.78, 5) is 7.83. The van der Waals surface area contributed by atoms with Gasteiger partial charge in [-0.1, -0.05) is 45.4 Å². The van der Waals surface area contributed by atoms with E-state index in [0.29, 0.717) is 0 Å². The van der Waals surface area contributed by atoms with Crippen LogP contribution in [-0.2, 0) is 0 Å². The fourth-order valence-corrected chi connectivity index (χ4v) is 3.28. The molecule has 1 aromatic carbocycles. The molecule has 0 unspecified atom stereocenters. The fourth-order valence-electron chi connectivity index (χ4n) is 3.28. The number of aryl methyl sites for hydroxylation is 1. The molecule has 0 aliphatic rings. The summed E-state index contributed by atoms with van der Waals surface area (Å²) in [7, 11) is 0. The molecule has 2 aromatic heterocycles. The van der Waals surface area contributed by atoms with E-state index in [-0.39, 0.29) is 0 Å². The average molecular weight is 324 g/mol. The molecule has 0 atom stereocenters. The molecule has 128 valence electrons.